The first-order valence-electron chi connectivity index (χ1n) is 3.83. The van der Waals surface area contributed by atoms with Crippen molar-refractivity contribution >= 4 is 11.7 Å². The molecule has 0 amide bonds. The average Bonchev–Trinajstić information content (AvgIpc) is 2.16. The minimum atomic E-state index is -2.88. The van der Waals surface area contributed by atoms with E-state index in [-0.39, 0.29) is 11.4 Å². The van der Waals surface area contributed by atoms with Gasteiger partial charge in [0.05, 0.1) is 12.8 Å². The molecule has 0 radical (unpaired) electrons. The zero-order valence-corrected chi connectivity index (χ0v) is 7.70. The summed E-state index contributed by atoms with van der Waals surface area (Å²) in [6, 6.07) is 0.885. The molecule has 0 saturated heterocycles. The number of ether oxygens (including phenoxy) is 1. The molecule has 1 aromatic rings. The fraction of sp³-hybridized carbons (Fsp3) is 0.250. The van der Waals surface area contributed by atoms with Crippen LogP contribution in [0.2, 0.25) is 0 Å². The Morgan fingerprint density at radius 1 is 1.67 bits per heavy atom. The summed E-state index contributed by atoms with van der Waals surface area (Å²) in [4.78, 5) is 13.9. The summed E-state index contributed by atoms with van der Waals surface area (Å²) >= 11 is 0. The summed E-state index contributed by atoms with van der Waals surface area (Å²) in [5, 5.41) is 8.68. The van der Waals surface area contributed by atoms with E-state index in [0.717, 1.165) is 6.07 Å². The van der Waals surface area contributed by atoms with Crippen molar-refractivity contribution in [3.05, 3.63) is 17.5 Å². The minimum Gasteiger partial charge on any atom is -0.492 e. The smallest absolute Gasteiger partial charge is 0.358 e. The van der Waals surface area contributed by atoms with E-state index in [1.807, 2.05) is 0 Å². The molecule has 0 aliphatic heterocycles. The highest BCUT2D eigenvalue weighted by Crippen LogP contribution is 2.29. The number of nitrogen functional groups attached to an aromatic ring is 1. The quantitative estimate of drug-likeness (QED) is 0.798. The van der Waals surface area contributed by atoms with Crippen molar-refractivity contribution in [3.63, 3.8) is 0 Å². The maximum atomic E-state index is 12.3. The largest absolute Gasteiger partial charge is 0.492 e. The second kappa shape index (κ2) is 4.07. The van der Waals surface area contributed by atoms with Crippen LogP contribution in [0.3, 0.4) is 0 Å². The predicted molar refractivity (Wildman–Crippen MR) is 47.1 cm³/mol. The van der Waals surface area contributed by atoms with Gasteiger partial charge >= 0.3 is 5.97 Å². The van der Waals surface area contributed by atoms with Gasteiger partial charge in [0.1, 0.15) is 5.69 Å². The van der Waals surface area contributed by atoms with Crippen LogP contribution in [0.15, 0.2) is 6.07 Å². The Morgan fingerprint density at radius 2 is 2.27 bits per heavy atom. The molecule has 0 aliphatic rings. The second-order valence-corrected chi connectivity index (χ2v) is 2.62. The van der Waals surface area contributed by atoms with Crippen molar-refractivity contribution < 1.29 is 23.4 Å². The van der Waals surface area contributed by atoms with Crippen molar-refractivity contribution in [3.8, 4) is 5.75 Å². The number of nitrogens with zero attached hydrogens (tertiary/aromatic N) is 1. The average molecular weight is 218 g/mol. The third-order valence-corrected chi connectivity index (χ3v) is 1.65. The zero-order valence-electron chi connectivity index (χ0n) is 7.70. The molecule has 3 N–H and O–H groups in total. The number of halogens is 2. The minimum absolute atomic E-state index is 0.180. The van der Waals surface area contributed by atoms with Crippen molar-refractivity contribution in [2.24, 2.45) is 0 Å². The first-order chi connectivity index (χ1) is 6.97. The van der Waals surface area contributed by atoms with E-state index in [4.69, 9.17) is 10.8 Å². The third kappa shape index (κ3) is 2.12. The van der Waals surface area contributed by atoms with Crippen molar-refractivity contribution in [2.45, 2.75) is 6.43 Å². The Kier molecular flexibility index (Phi) is 3.03. The molecule has 0 spiro atoms. The van der Waals surface area contributed by atoms with Crippen LogP contribution >= 0.6 is 0 Å². The molecule has 1 rings (SSSR count). The highest BCUT2D eigenvalue weighted by Gasteiger charge is 2.20. The van der Waals surface area contributed by atoms with Crippen LogP contribution in [0.4, 0.5) is 14.5 Å². The number of carboxylic acids is 1. The molecule has 0 saturated carbocycles. The molecule has 82 valence electrons. The highest BCUT2D eigenvalue weighted by atomic mass is 19.3. The molecule has 0 fully saturated rings. The molecule has 5 nitrogen and oxygen atoms in total. The number of carboxylic acid groups (broad SMARTS) is 1. The maximum absolute atomic E-state index is 12.3. The molecule has 0 aromatic carbocycles. The number of rotatable bonds is 3. The van der Waals surface area contributed by atoms with Crippen LogP contribution in [0, 0.1) is 0 Å². The Labute approximate surface area is 83.5 Å². The van der Waals surface area contributed by atoms with Crippen molar-refractivity contribution in [1.82, 2.24) is 4.98 Å². The van der Waals surface area contributed by atoms with Crippen LogP contribution in [-0.2, 0) is 0 Å². The standard InChI is InChI=1S/C8H8F2N2O3/c1-15-6-3(11)2-4(7(9)10)12-5(6)8(13)14/h2,7H,1H3,(H2,11,12)(H,13,14). The number of hydrogen-bond donors (Lipinski definition) is 2. The third-order valence-electron chi connectivity index (χ3n) is 1.65. The number of aromatic carboxylic acids is 1. The van der Waals surface area contributed by atoms with E-state index in [1.54, 1.807) is 0 Å². The SMILES string of the molecule is COc1c(N)cc(C(F)F)nc1C(=O)O. The van der Waals surface area contributed by atoms with Crippen LogP contribution in [0.1, 0.15) is 22.6 Å². The van der Waals surface area contributed by atoms with E-state index in [0.29, 0.717) is 0 Å². The summed E-state index contributed by atoms with van der Waals surface area (Å²) < 4.78 is 29.2. The molecule has 1 heterocycles. The Hall–Kier alpha value is -1.92. The van der Waals surface area contributed by atoms with Crippen molar-refractivity contribution in [2.75, 3.05) is 12.8 Å². The van der Waals surface area contributed by atoms with Gasteiger partial charge in [0.2, 0.25) is 0 Å². The van der Waals surface area contributed by atoms with E-state index in [9.17, 15) is 13.6 Å². The summed E-state index contributed by atoms with van der Waals surface area (Å²) in [5.74, 6) is -1.69. The summed E-state index contributed by atoms with van der Waals surface area (Å²) in [6.45, 7) is 0. The fourth-order valence-corrected chi connectivity index (χ4v) is 1.04. The van der Waals surface area contributed by atoms with Crippen LogP contribution in [0.5, 0.6) is 5.75 Å². The molecule has 0 aliphatic carbocycles. The van der Waals surface area contributed by atoms with Gasteiger partial charge in [0, 0.05) is 0 Å². The number of hydrogen-bond acceptors (Lipinski definition) is 4. The molecule has 0 unspecified atom stereocenters. The number of alkyl halides is 2. The molecular weight excluding hydrogens is 210 g/mol. The lowest BCUT2D eigenvalue weighted by Gasteiger charge is -2.09. The summed E-state index contributed by atoms with van der Waals surface area (Å²) in [6.07, 6.45) is -2.88. The highest BCUT2D eigenvalue weighted by molar-refractivity contribution is 5.91. The van der Waals surface area contributed by atoms with E-state index in [1.165, 1.54) is 7.11 Å². The number of anilines is 1. The van der Waals surface area contributed by atoms with Gasteiger partial charge in [-0.1, -0.05) is 0 Å². The molecule has 0 atom stereocenters. The number of methoxy groups -OCH3 is 1. The summed E-state index contributed by atoms with van der Waals surface area (Å²) in [5.41, 5.74) is 3.86. The van der Waals surface area contributed by atoms with Crippen LogP contribution in [0.25, 0.3) is 0 Å². The Bertz CT molecular complexity index is 396. The van der Waals surface area contributed by atoms with Crippen LogP contribution < -0.4 is 10.5 Å². The lowest BCUT2D eigenvalue weighted by molar-refractivity contribution is 0.0684. The lowest BCUT2D eigenvalue weighted by Crippen LogP contribution is -2.09. The van der Waals surface area contributed by atoms with Gasteiger partial charge in [-0.15, -0.1) is 0 Å². The van der Waals surface area contributed by atoms with Crippen molar-refractivity contribution in [1.29, 1.82) is 0 Å². The van der Waals surface area contributed by atoms with Gasteiger partial charge in [-0.2, -0.15) is 0 Å². The number of carbonyl (C=O) groups is 1. The summed E-state index contributed by atoms with van der Waals surface area (Å²) in [7, 11) is 1.18. The molecular formula is C8H8F2N2O3. The van der Waals surface area contributed by atoms with Gasteiger partial charge < -0.3 is 15.6 Å². The van der Waals surface area contributed by atoms with Gasteiger partial charge in [-0.25, -0.2) is 18.6 Å². The maximum Gasteiger partial charge on any atom is 0.358 e. The first kappa shape index (κ1) is 11.2. The number of aromatic nitrogens is 1. The lowest BCUT2D eigenvalue weighted by atomic mass is 10.2. The molecule has 0 bridgehead atoms. The molecule has 15 heavy (non-hydrogen) atoms. The predicted octanol–water partition coefficient (Wildman–Crippen LogP) is 1.31. The fourth-order valence-electron chi connectivity index (χ4n) is 1.04. The second-order valence-electron chi connectivity index (χ2n) is 2.62. The van der Waals surface area contributed by atoms with E-state index in [2.05, 4.69) is 9.72 Å². The number of pyridine rings is 1. The Balaban J connectivity index is 3.38. The van der Waals surface area contributed by atoms with Gasteiger partial charge in [-0.05, 0) is 6.07 Å². The topological polar surface area (TPSA) is 85.4 Å². The number of nitrogens with two attached hydrogens (primary N) is 1. The Morgan fingerprint density at radius 3 is 2.67 bits per heavy atom. The van der Waals surface area contributed by atoms with E-state index >= 15 is 0 Å². The van der Waals surface area contributed by atoms with E-state index < -0.39 is 23.8 Å². The van der Waals surface area contributed by atoms with Gasteiger partial charge in [0.15, 0.2) is 11.4 Å². The molecule has 7 heteroatoms. The molecule has 1 aromatic heterocycles. The zero-order chi connectivity index (χ0) is 11.6. The monoisotopic (exact) mass is 218 g/mol. The van der Waals surface area contributed by atoms with Gasteiger partial charge in [0.25, 0.3) is 6.43 Å². The first-order valence-corrected chi connectivity index (χ1v) is 3.83. The van der Waals surface area contributed by atoms with Gasteiger partial charge in [-0.3, -0.25) is 0 Å². The van der Waals surface area contributed by atoms with Crippen LogP contribution in [-0.4, -0.2) is 23.2 Å². The normalized spacial score (nSPS) is 10.4.